The number of carboxylic acids is 1. The third kappa shape index (κ3) is 4.33. The number of aromatic nitrogens is 2. The molecule has 0 atom stereocenters. The van der Waals surface area contributed by atoms with Crippen molar-refractivity contribution in [2.45, 2.75) is 39.0 Å². The monoisotopic (exact) mass is 306 g/mol. The lowest BCUT2D eigenvalue weighted by molar-refractivity contribution is -0.136. The second-order valence-electron chi connectivity index (χ2n) is 5.05. The van der Waals surface area contributed by atoms with Gasteiger partial charge in [-0.15, -0.1) is 0 Å². The van der Waals surface area contributed by atoms with Crippen LogP contribution in [-0.2, 0) is 24.1 Å². The number of halogens is 1. The topological polar surface area (TPSA) is 66.0 Å². The van der Waals surface area contributed by atoms with E-state index in [1.165, 1.54) is 0 Å². The quantitative estimate of drug-likeness (QED) is 0.821. The molecule has 0 amide bonds. The van der Waals surface area contributed by atoms with Gasteiger partial charge in [0.1, 0.15) is 5.82 Å². The van der Waals surface area contributed by atoms with Gasteiger partial charge in [0, 0.05) is 23.6 Å². The van der Waals surface area contributed by atoms with E-state index in [1.54, 1.807) is 0 Å². The number of imidazole rings is 1. The second kappa shape index (κ2) is 7.27. The summed E-state index contributed by atoms with van der Waals surface area (Å²) in [5.41, 5.74) is 2.41. The molecule has 0 spiro atoms. The van der Waals surface area contributed by atoms with Crippen LogP contribution >= 0.6 is 11.6 Å². The summed E-state index contributed by atoms with van der Waals surface area (Å²) in [6.45, 7) is 2.12. The standard InChI is InChI=1S/C16H19ClN2O2/c1-2-3-8-15-18-13(14(19-15)10-16(20)21)9-11-6-4-5-7-12(11)17/h4-7H,2-3,8-10H2,1H3,(H,18,19)(H,20,21). The van der Waals surface area contributed by atoms with Gasteiger partial charge in [0.15, 0.2) is 0 Å². The van der Waals surface area contributed by atoms with Crippen LogP contribution in [0.3, 0.4) is 0 Å². The second-order valence-corrected chi connectivity index (χ2v) is 5.46. The summed E-state index contributed by atoms with van der Waals surface area (Å²) in [5, 5.41) is 9.70. The number of aromatic amines is 1. The zero-order valence-electron chi connectivity index (χ0n) is 12.0. The summed E-state index contributed by atoms with van der Waals surface area (Å²) in [6.07, 6.45) is 3.45. The van der Waals surface area contributed by atoms with E-state index in [0.29, 0.717) is 17.1 Å². The number of benzene rings is 1. The van der Waals surface area contributed by atoms with Gasteiger partial charge in [0.25, 0.3) is 0 Å². The highest BCUT2D eigenvalue weighted by atomic mass is 35.5. The Balaban J connectivity index is 2.25. The Bertz CT molecular complexity index is 622. The minimum Gasteiger partial charge on any atom is -0.481 e. The average molecular weight is 307 g/mol. The molecule has 1 aromatic heterocycles. The van der Waals surface area contributed by atoms with E-state index in [4.69, 9.17) is 16.7 Å². The first kappa shape index (κ1) is 15.6. The van der Waals surface area contributed by atoms with Crippen molar-refractivity contribution in [2.75, 3.05) is 0 Å². The van der Waals surface area contributed by atoms with Crippen LogP contribution in [0, 0.1) is 0 Å². The first-order valence-electron chi connectivity index (χ1n) is 7.12. The van der Waals surface area contributed by atoms with Gasteiger partial charge in [-0.2, -0.15) is 0 Å². The van der Waals surface area contributed by atoms with Crippen LogP contribution in [0.15, 0.2) is 24.3 Å². The zero-order chi connectivity index (χ0) is 15.2. The number of aryl methyl sites for hydroxylation is 1. The van der Waals surface area contributed by atoms with Crippen molar-refractivity contribution in [3.8, 4) is 0 Å². The molecule has 0 unspecified atom stereocenters. The number of carbonyl (C=O) groups is 1. The summed E-state index contributed by atoms with van der Waals surface area (Å²) in [7, 11) is 0. The molecule has 1 aromatic carbocycles. The van der Waals surface area contributed by atoms with Gasteiger partial charge in [-0.3, -0.25) is 4.79 Å². The van der Waals surface area contributed by atoms with Crippen LogP contribution in [0.25, 0.3) is 0 Å². The number of unbranched alkanes of at least 4 members (excludes halogenated alkanes) is 1. The van der Waals surface area contributed by atoms with E-state index in [2.05, 4.69) is 16.9 Å². The largest absolute Gasteiger partial charge is 0.481 e. The van der Waals surface area contributed by atoms with Gasteiger partial charge < -0.3 is 10.1 Å². The molecule has 2 N–H and O–H groups in total. The smallest absolute Gasteiger partial charge is 0.309 e. The maximum atomic E-state index is 11.0. The van der Waals surface area contributed by atoms with Crippen LogP contribution in [0.1, 0.15) is 42.5 Å². The predicted octanol–water partition coefficient (Wildman–Crippen LogP) is 3.62. The lowest BCUT2D eigenvalue weighted by Gasteiger charge is -2.03. The van der Waals surface area contributed by atoms with Gasteiger partial charge in [-0.25, -0.2) is 4.98 Å². The number of aliphatic carboxylic acids is 1. The van der Waals surface area contributed by atoms with Crippen molar-refractivity contribution in [3.05, 3.63) is 52.1 Å². The molecule has 0 aliphatic rings. The molecule has 5 heteroatoms. The molecule has 0 saturated carbocycles. The highest BCUT2D eigenvalue weighted by Gasteiger charge is 2.14. The third-order valence-electron chi connectivity index (χ3n) is 3.32. The van der Waals surface area contributed by atoms with E-state index in [9.17, 15) is 4.79 Å². The van der Waals surface area contributed by atoms with Crippen molar-refractivity contribution < 1.29 is 9.90 Å². The summed E-state index contributed by atoms with van der Waals surface area (Å²) in [4.78, 5) is 18.7. The molecule has 2 aromatic rings. The minimum absolute atomic E-state index is 0.0427. The SMILES string of the molecule is CCCCc1nc(Cc2ccccc2Cl)c(CC(=O)O)[nH]1. The lowest BCUT2D eigenvalue weighted by atomic mass is 10.1. The predicted molar refractivity (Wildman–Crippen MR) is 82.8 cm³/mol. The normalized spacial score (nSPS) is 10.8. The number of hydrogen-bond acceptors (Lipinski definition) is 2. The van der Waals surface area contributed by atoms with Crippen molar-refractivity contribution in [2.24, 2.45) is 0 Å². The fourth-order valence-electron chi connectivity index (χ4n) is 2.23. The van der Waals surface area contributed by atoms with Crippen LogP contribution in [0.5, 0.6) is 0 Å². The Morgan fingerprint density at radius 1 is 1.38 bits per heavy atom. The lowest BCUT2D eigenvalue weighted by Crippen LogP contribution is -2.04. The minimum atomic E-state index is -0.860. The Labute approximate surface area is 129 Å². The maximum absolute atomic E-state index is 11.0. The Kier molecular flexibility index (Phi) is 5.39. The summed E-state index contributed by atoms with van der Waals surface area (Å²) in [6, 6.07) is 7.57. The zero-order valence-corrected chi connectivity index (χ0v) is 12.8. The van der Waals surface area contributed by atoms with E-state index in [0.717, 1.165) is 36.3 Å². The Morgan fingerprint density at radius 3 is 2.81 bits per heavy atom. The van der Waals surface area contributed by atoms with E-state index in [-0.39, 0.29) is 6.42 Å². The fraction of sp³-hybridized carbons (Fsp3) is 0.375. The number of nitrogens with zero attached hydrogens (tertiary/aromatic N) is 1. The van der Waals surface area contributed by atoms with Gasteiger partial charge in [0.2, 0.25) is 0 Å². The highest BCUT2D eigenvalue weighted by Crippen LogP contribution is 2.20. The van der Waals surface area contributed by atoms with E-state index in [1.807, 2.05) is 24.3 Å². The summed E-state index contributed by atoms with van der Waals surface area (Å²) < 4.78 is 0. The molecule has 0 aliphatic heterocycles. The molecular formula is C16H19ClN2O2. The highest BCUT2D eigenvalue weighted by molar-refractivity contribution is 6.31. The molecule has 4 nitrogen and oxygen atoms in total. The fourth-order valence-corrected chi connectivity index (χ4v) is 2.44. The Hall–Kier alpha value is -1.81. The molecule has 1 heterocycles. The molecule has 112 valence electrons. The van der Waals surface area contributed by atoms with Crippen molar-refractivity contribution in [1.29, 1.82) is 0 Å². The van der Waals surface area contributed by atoms with Gasteiger partial charge in [0.05, 0.1) is 12.1 Å². The van der Waals surface area contributed by atoms with Gasteiger partial charge in [-0.05, 0) is 18.1 Å². The number of nitrogens with one attached hydrogen (secondary N) is 1. The average Bonchev–Trinajstić information content (AvgIpc) is 2.80. The molecule has 0 aliphatic carbocycles. The Morgan fingerprint density at radius 2 is 2.14 bits per heavy atom. The van der Waals surface area contributed by atoms with Gasteiger partial charge >= 0.3 is 5.97 Å². The van der Waals surface area contributed by atoms with Crippen LogP contribution in [0.4, 0.5) is 0 Å². The van der Waals surface area contributed by atoms with Crippen molar-refractivity contribution in [3.63, 3.8) is 0 Å². The molecular weight excluding hydrogens is 288 g/mol. The molecule has 0 fully saturated rings. The number of carboxylic acid groups (broad SMARTS) is 1. The van der Waals surface area contributed by atoms with E-state index >= 15 is 0 Å². The van der Waals surface area contributed by atoms with Crippen LogP contribution in [0.2, 0.25) is 5.02 Å². The number of H-pyrrole nitrogens is 1. The molecule has 21 heavy (non-hydrogen) atoms. The molecule has 0 saturated heterocycles. The number of rotatable bonds is 7. The third-order valence-corrected chi connectivity index (χ3v) is 3.69. The molecule has 0 bridgehead atoms. The maximum Gasteiger partial charge on any atom is 0.309 e. The summed E-state index contributed by atoms with van der Waals surface area (Å²) in [5.74, 6) is -0.00347. The molecule has 2 rings (SSSR count). The number of hydrogen-bond donors (Lipinski definition) is 2. The van der Waals surface area contributed by atoms with E-state index < -0.39 is 5.97 Å². The van der Waals surface area contributed by atoms with Crippen molar-refractivity contribution in [1.82, 2.24) is 9.97 Å². The molecule has 0 radical (unpaired) electrons. The van der Waals surface area contributed by atoms with Crippen LogP contribution in [-0.4, -0.2) is 21.0 Å². The van der Waals surface area contributed by atoms with Crippen molar-refractivity contribution >= 4 is 17.6 Å². The van der Waals surface area contributed by atoms with Crippen LogP contribution < -0.4 is 0 Å². The first-order valence-corrected chi connectivity index (χ1v) is 7.49. The van der Waals surface area contributed by atoms with Gasteiger partial charge in [-0.1, -0.05) is 43.1 Å². The first-order chi connectivity index (χ1) is 10.1. The summed E-state index contributed by atoms with van der Waals surface area (Å²) >= 11 is 6.17.